The smallest absolute Gasteiger partial charge is 0.342 e. The first-order valence-electron chi connectivity index (χ1n) is 9.31. The van der Waals surface area contributed by atoms with E-state index in [1.165, 1.54) is 12.1 Å². The zero-order valence-corrected chi connectivity index (χ0v) is 15.4. The molecule has 0 aliphatic carbocycles. The molecule has 4 rings (SSSR count). The van der Waals surface area contributed by atoms with E-state index in [0.29, 0.717) is 37.0 Å². The van der Waals surface area contributed by atoms with E-state index < -0.39 is 11.7 Å². The molecule has 1 amide bonds. The largest absolute Gasteiger partial charge is 0.416 e. The van der Waals surface area contributed by atoms with Gasteiger partial charge in [0.15, 0.2) is 0 Å². The minimum atomic E-state index is -4.39. The monoisotopic (exact) mass is 404 g/mol. The number of halogens is 3. The van der Waals surface area contributed by atoms with E-state index in [4.69, 9.17) is 0 Å². The number of pyridine rings is 1. The Morgan fingerprint density at radius 2 is 1.83 bits per heavy atom. The van der Waals surface area contributed by atoms with Gasteiger partial charge in [0.25, 0.3) is 0 Å². The zero-order chi connectivity index (χ0) is 20.6. The summed E-state index contributed by atoms with van der Waals surface area (Å²) in [7, 11) is 0. The van der Waals surface area contributed by atoms with Crippen LogP contribution in [-0.2, 0) is 17.4 Å². The molecule has 6 nitrogen and oxygen atoms in total. The van der Waals surface area contributed by atoms with Gasteiger partial charge in [0.1, 0.15) is 0 Å². The van der Waals surface area contributed by atoms with Crippen LogP contribution in [0.25, 0.3) is 11.0 Å². The highest BCUT2D eigenvalue weighted by Gasteiger charge is 2.30. The number of benzene rings is 1. The lowest BCUT2D eigenvalue weighted by atomic mass is 10.0. The highest BCUT2D eigenvalue weighted by molar-refractivity contribution is 5.79. The second-order valence-electron chi connectivity index (χ2n) is 7.18. The molecule has 1 fully saturated rings. The number of aromatic amines is 1. The Bertz CT molecular complexity index is 1080. The van der Waals surface area contributed by atoms with Crippen LogP contribution in [0.2, 0.25) is 0 Å². The van der Waals surface area contributed by atoms with Gasteiger partial charge in [-0.1, -0.05) is 12.1 Å². The molecule has 0 bridgehead atoms. The van der Waals surface area contributed by atoms with Crippen LogP contribution in [0, 0.1) is 0 Å². The van der Waals surface area contributed by atoms with Gasteiger partial charge < -0.3 is 9.88 Å². The number of alkyl halides is 3. The van der Waals surface area contributed by atoms with Crippen LogP contribution in [0.15, 0.2) is 47.5 Å². The summed E-state index contributed by atoms with van der Waals surface area (Å²) in [6.07, 6.45) is 0.176. The Labute approximate surface area is 164 Å². The number of aromatic nitrogens is 3. The minimum absolute atomic E-state index is 0.0197. The van der Waals surface area contributed by atoms with Crippen LogP contribution in [0.1, 0.15) is 30.0 Å². The number of nitrogens with one attached hydrogen (secondary N) is 1. The Morgan fingerprint density at radius 3 is 2.48 bits per heavy atom. The van der Waals surface area contributed by atoms with Crippen LogP contribution in [0.3, 0.4) is 0 Å². The molecule has 3 aromatic rings. The molecule has 0 saturated carbocycles. The topological polar surface area (TPSA) is 71.0 Å². The van der Waals surface area contributed by atoms with E-state index in [-0.39, 0.29) is 24.1 Å². The Kier molecular flexibility index (Phi) is 4.89. The van der Waals surface area contributed by atoms with Crippen molar-refractivity contribution in [2.75, 3.05) is 13.1 Å². The molecule has 1 saturated heterocycles. The van der Waals surface area contributed by atoms with Crippen LogP contribution in [0.4, 0.5) is 13.2 Å². The van der Waals surface area contributed by atoms with Crippen LogP contribution >= 0.6 is 0 Å². The summed E-state index contributed by atoms with van der Waals surface area (Å²) >= 11 is 0. The molecule has 3 heterocycles. The average molecular weight is 404 g/mol. The number of rotatable bonds is 3. The van der Waals surface area contributed by atoms with Gasteiger partial charge in [0, 0.05) is 25.3 Å². The molecular formula is C20H19F3N4O2. The molecular weight excluding hydrogens is 385 g/mol. The van der Waals surface area contributed by atoms with Crippen LogP contribution < -0.4 is 5.69 Å². The Hall–Kier alpha value is -3.10. The van der Waals surface area contributed by atoms with E-state index in [2.05, 4.69) is 9.97 Å². The first-order valence-corrected chi connectivity index (χ1v) is 9.31. The van der Waals surface area contributed by atoms with Crippen molar-refractivity contribution < 1.29 is 18.0 Å². The molecule has 1 aromatic carbocycles. The van der Waals surface area contributed by atoms with Crippen molar-refractivity contribution in [3.05, 3.63) is 64.3 Å². The fourth-order valence-corrected chi connectivity index (χ4v) is 3.81. The summed E-state index contributed by atoms with van der Waals surface area (Å²) in [6.45, 7) is 0.989. The highest BCUT2D eigenvalue weighted by Crippen LogP contribution is 2.29. The summed E-state index contributed by atoms with van der Waals surface area (Å²) in [5.41, 5.74) is 1.10. The molecule has 0 unspecified atom stereocenters. The third kappa shape index (κ3) is 3.90. The van der Waals surface area contributed by atoms with Crippen molar-refractivity contribution in [2.45, 2.75) is 31.5 Å². The molecule has 0 spiro atoms. The van der Waals surface area contributed by atoms with Crippen molar-refractivity contribution in [1.29, 1.82) is 0 Å². The summed E-state index contributed by atoms with van der Waals surface area (Å²) < 4.78 is 39.7. The summed E-state index contributed by atoms with van der Waals surface area (Å²) in [5, 5.41) is 0. The average Bonchev–Trinajstić information content (AvgIpc) is 3.03. The fraction of sp³-hybridized carbons (Fsp3) is 0.350. The summed E-state index contributed by atoms with van der Waals surface area (Å²) in [5.74, 6) is -0.126. The molecule has 1 N–H and O–H groups in total. The predicted molar refractivity (Wildman–Crippen MR) is 100 cm³/mol. The number of carbonyl (C=O) groups is 1. The first-order chi connectivity index (χ1) is 13.8. The number of carbonyl (C=O) groups excluding carboxylic acids is 1. The van der Waals surface area contributed by atoms with Crippen molar-refractivity contribution >= 4 is 16.9 Å². The maximum Gasteiger partial charge on any atom is 0.416 e. The number of imidazole rings is 1. The van der Waals surface area contributed by atoms with Gasteiger partial charge in [-0.25, -0.2) is 4.79 Å². The van der Waals surface area contributed by atoms with Gasteiger partial charge in [-0.15, -0.1) is 0 Å². The Morgan fingerprint density at radius 1 is 1.14 bits per heavy atom. The Balaban J connectivity index is 1.40. The number of fused-ring (bicyclic) bond motifs is 1. The van der Waals surface area contributed by atoms with Crippen molar-refractivity contribution in [3.63, 3.8) is 0 Å². The number of H-pyrrole nitrogens is 1. The number of nitrogens with zero attached hydrogens (tertiary/aromatic N) is 3. The molecule has 29 heavy (non-hydrogen) atoms. The summed E-state index contributed by atoms with van der Waals surface area (Å²) in [6, 6.07) is 6.43. The molecule has 1 aliphatic rings. The number of likely N-dealkylation sites (tertiary alicyclic amines) is 1. The summed E-state index contributed by atoms with van der Waals surface area (Å²) in [4.78, 5) is 33.4. The second kappa shape index (κ2) is 7.38. The molecule has 9 heteroatoms. The van der Waals surface area contributed by atoms with Gasteiger partial charge >= 0.3 is 11.9 Å². The number of hydrogen-bond acceptors (Lipinski definition) is 3. The van der Waals surface area contributed by atoms with Crippen molar-refractivity contribution in [2.24, 2.45) is 0 Å². The zero-order valence-electron chi connectivity index (χ0n) is 15.4. The van der Waals surface area contributed by atoms with Gasteiger partial charge in [-0.3, -0.25) is 14.3 Å². The number of piperidine rings is 1. The number of hydrogen-bond donors (Lipinski definition) is 1. The lowest BCUT2D eigenvalue weighted by Gasteiger charge is -2.32. The van der Waals surface area contributed by atoms with Gasteiger partial charge in [0.05, 0.1) is 29.2 Å². The highest BCUT2D eigenvalue weighted by atomic mass is 19.4. The molecule has 0 radical (unpaired) electrons. The third-order valence-corrected chi connectivity index (χ3v) is 5.34. The predicted octanol–water partition coefficient (Wildman–Crippen LogP) is 3.15. The molecule has 2 aromatic heterocycles. The third-order valence-electron chi connectivity index (χ3n) is 5.34. The lowest BCUT2D eigenvalue weighted by molar-refractivity contribution is -0.137. The first kappa shape index (κ1) is 19.2. The maximum absolute atomic E-state index is 12.6. The van der Waals surface area contributed by atoms with Gasteiger partial charge in [-0.05, 0) is 36.6 Å². The molecule has 152 valence electrons. The van der Waals surface area contributed by atoms with Gasteiger partial charge in [-0.2, -0.15) is 13.2 Å². The fourth-order valence-electron chi connectivity index (χ4n) is 3.81. The van der Waals surface area contributed by atoms with E-state index in [9.17, 15) is 22.8 Å². The van der Waals surface area contributed by atoms with Crippen molar-refractivity contribution in [1.82, 2.24) is 19.4 Å². The quantitative estimate of drug-likeness (QED) is 0.729. The molecule has 1 aliphatic heterocycles. The maximum atomic E-state index is 12.6. The van der Waals surface area contributed by atoms with Crippen LogP contribution in [0.5, 0.6) is 0 Å². The lowest BCUT2D eigenvalue weighted by Crippen LogP contribution is -2.41. The van der Waals surface area contributed by atoms with E-state index in [0.717, 1.165) is 17.6 Å². The standard InChI is InChI=1S/C20H19F3N4O2/c21-20(22,23)14-3-1-13(2-4-14)11-18(28)26-9-6-15(7-10-26)27-17-5-8-24-12-16(17)25-19(27)29/h1-5,8,12,15H,6-7,9-11H2,(H,25,29). The van der Waals surface area contributed by atoms with E-state index in [1.807, 2.05) is 0 Å². The number of amides is 1. The molecule has 0 atom stereocenters. The van der Waals surface area contributed by atoms with Crippen molar-refractivity contribution in [3.8, 4) is 0 Å². The van der Waals surface area contributed by atoms with E-state index in [1.54, 1.807) is 27.9 Å². The normalized spacial score (nSPS) is 15.8. The SMILES string of the molecule is O=C(Cc1ccc(C(F)(F)F)cc1)N1CCC(n2c(=O)[nH]c3cnccc32)CC1. The van der Waals surface area contributed by atoms with Gasteiger partial charge in [0.2, 0.25) is 5.91 Å². The van der Waals surface area contributed by atoms with Crippen LogP contribution in [-0.4, -0.2) is 38.4 Å². The second-order valence-corrected chi connectivity index (χ2v) is 7.18. The minimum Gasteiger partial charge on any atom is -0.342 e. The van der Waals surface area contributed by atoms with E-state index >= 15 is 0 Å².